The number of hydrogen-bond acceptors (Lipinski definition) is 3. The number of amides is 1. The van der Waals surface area contributed by atoms with Crippen molar-refractivity contribution < 1.29 is 9.53 Å². The van der Waals surface area contributed by atoms with E-state index in [1.54, 1.807) is 7.11 Å². The summed E-state index contributed by atoms with van der Waals surface area (Å²) in [5.41, 5.74) is 0.775. The average molecular weight is 302 g/mol. The fourth-order valence-electron chi connectivity index (χ4n) is 3.76. The van der Waals surface area contributed by atoms with Crippen molar-refractivity contribution in [3.63, 3.8) is 0 Å². The molecule has 0 spiro atoms. The average Bonchev–Trinajstić information content (AvgIpc) is 3.04. The molecule has 3 rings (SSSR count). The summed E-state index contributed by atoms with van der Waals surface area (Å²) in [6, 6.07) is 10.6. The van der Waals surface area contributed by atoms with Gasteiger partial charge < -0.3 is 15.0 Å². The van der Waals surface area contributed by atoms with Crippen molar-refractivity contribution in [2.75, 3.05) is 33.3 Å². The van der Waals surface area contributed by atoms with Gasteiger partial charge in [0.15, 0.2) is 0 Å². The minimum absolute atomic E-state index is 0.201. The highest BCUT2D eigenvalue weighted by atomic mass is 16.5. The molecule has 0 radical (unpaired) electrons. The van der Waals surface area contributed by atoms with Gasteiger partial charge in [-0.15, -0.1) is 0 Å². The first-order chi connectivity index (χ1) is 10.7. The molecule has 0 bridgehead atoms. The van der Waals surface area contributed by atoms with E-state index in [0.29, 0.717) is 5.92 Å². The Labute approximate surface area is 132 Å². The zero-order chi connectivity index (χ0) is 15.4. The molecular formula is C18H26N2O2. The lowest BCUT2D eigenvalue weighted by atomic mass is 9.90. The molecule has 0 saturated carbocycles. The first kappa shape index (κ1) is 15.5. The molecule has 2 saturated heterocycles. The highest BCUT2D eigenvalue weighted by molar-refractivity contribution is 5.85. The van der Waals surface area contributed by atoms with Crippen molar-refractivity contribution in [3.05, 3.63) is 35.9 Å². The number of hydrogen-bond donors (Lipinski definition) is 1. The van der Waals surface area contributed by atoms with Crippen molar-refractivity contribution in [2.24, 2.45) is 5.92 Å². The Morgan fingerprint density at radius 2 is 2.05 bits per heavy atom. The van der Waals surface area contributed by atoms with Crippen LogP contribution in [0.25, 0.3) is 0 Å². The number of carbonyl (C=O) groups is 1. The second-order valence-corrected chi connectivity index (χ2v) is 6.54. The van der Waals surface area contributed by atoms with Crippen LogP contribution in [-0.2, 0) is 16.0 Å². The molecule has 4 heteroatoms. The molecule has 0 aromatic heterocycles. The Hall–Kier alpha value is -1.39. The van der Waals surface area contributed by atoms with Crippen LogP contribution < -0.4 is 5.32 Å². The molecule has 22 heavy (non-hydrogen) atoms. The van der Waals surface area contributed by atoms with Crippen molar-refractivity contribution in [1.29, 1.82) is 0 Å². The predicted octanol–water partition coefficient (Wildman–Crippen LogP) is 1.85. The minimum atomic E-state index is -0.590. The van der Waals surface area contributed by atoms with Crippen LogP contribution in [0.3, 0.4) is 0 Å². The van der Waals surface area contributed by atoms with Crippen molar-refractivity contribution in [1.82, 2.24) is 10.2 Å². The van der Waals surface area contributed by atoms with E-state index in [0.717, 1.165) is 51.9 Å². The zero-order valence-corrected chi connectivity index (χ0v) is 13.4. The van der Waals surface area contributed by atoms with E-state index in [-0.39, 0.29) is 5.91 Å². The van der Waals surface area contributed by atoms with Crippen molar-refractivity contribution in [3.8, 4) is 0 Å². The maximum atomic E-state index is 12.9. The SMILES string of the molecule is COC1(C(=O)N2CCC(Cc3ccccc3)C2)CCNCC1. The van der Waals surface area contributed by atoms with E-state index in [4.69, 9.17) is 4.74 Å². The van der Waals surface area contributed by atoms with Crippen LogP contribution in [0.5, 0.6) is 0 Å². The van der Waals surface area contributed by atoms with Gasteiger partial charge in [0.25, 0.3) is 5.91 Å². The van der Waals surface area contributed by atoms with Crippen LogP contribution in [0.1, 0.15) is 24.8 Å². The lowest BCUT2D eigenvalue weighted by Gasteiger charge is -2.37. The van der Waals surface area contributed by atoms with Crippen LogP contribution in [-0.4, -0.2) is 49.7 Å². The number of carbonyl (C=O) groups excluding carboxylic acids is 1. The van der Waals surface area contributed by atoms with Crippen LogP contribution in [0.15, 0.2) is 30.3 Å². The van der Waals surface area contributed by atoms with Gasteiger partial charge in [-0.1, -0.05) is 30.3 Å². The van der Waals surface area contributed by atoms with Gasteiger partial charge in [0.2, 0.25) is 0 Å². The number of rotatable bonds is 4. The molecule has 1 unspecified atom stereocenters. The van der Waals surface area contributed by atoms with E-state index in [1.807, 2.05) is 11.0 Å². The number of likely N-dealkylation sites (tertiary alicyclic amines) is 1. The Balaban J connectivity index is 1.60. The second kappa shape index (κ2) is 6.80. The maximum absolute atomic E-state index is 12.9. The van der Waals surface area contributed by atoms with Crippen molar-refractivity contribution >= 4 is 5.91 Å². The number of ether oxygens (including phenoxy) is 1. The van der Waals surface area contributed by atoms with Crippen LogP contribution in [0.2, 0.25) is 0 Å². The minimum Gasteiger partial charge on any atom is -0.368 e. The summed E-state index contributed by atoms with van der Waals surface area (Å²) in [4.78, 5) is 15.0. The van der Waals surface area contributed by atoms with Gasteiger partial charge in [0.1, 0.15) is 5.60 Å². The molecule has 0 aliphatic carbocycles. The number of nitrogens with zero attached hydrogens (tertiary/aromatic N) is 1. The van der Waals surface area contributed by atoms with Crippen LogP contribution in [0, 0.1) is 5.92 Å². The van der Waals surface area contributed by atoms with E-state index in [9.17, 15) is 4.79 Å². The molecule has 2 heterocycles. The van der Waals surface area contributed by atoms with Gasteiger partial charge in [0.05, 0.1) is 0 Å². The standard InChI is InChI=1S/C18H26N2O2/c1-22-18(8-10-19-11-9-18)17(21)20-12-7-16(14-20)13-15-5-3-2-4-6-15/h2-6,16,19H,7-14H2,1H3. The fourth-order valence-corrected chi connectivity index (χ4v) is 3.76. The van der Waals surface area contributed by atoms with E-state index in [1.165, 1.54) is 5.56 Å². The maximum Gasteiger partial charge on any atom is 0.254 e. The molecule has 2 aliphatic rings. The third-order valence-electron chi connectivity index (χ3n) is 5.13. The predicted molar refractivity (Wildman–Crippen MR) is 86.7 cm³/mol. The second-order valence-electron chi connectivity index (χ2n) is 6.54. The van der Waals surface area contributed by atoms with Gasteiger partial charge in [-0.2, -0.15) is 0 Å². The monoisotopic (exact) mass is 302 g/mol. The third kappa shape index (κ3) is 3.18. The smallest absolute Gasteiger partial charge is 0.254 e. The van der Waals surface area contributed by atoms with Crippen LogP contribution in [0.4, 0.5) is 0 Å². The molecular weight excluding hydrogens is 276 g/mol. The van der Waals surface area contributed by atoms with Gasteiger partial charge in [-0.3, -0.25) is 4.79 Å². The number of piperidine rings is 1. The lowest BCUT2D eigenvalue weighted by Crippen LogP contribution is -2.54. The number of nitrogens with one attached hydrogen (secondary N) is 1. The molecule has 1 amide bonds. The molecule has 1 N–H and O–H groups in total. The van der Waals surface area contributed by atoms with Gasteiger partial charge in [-0.25, -0.2) is 0 Å². The first-order valence-corrected chi connectivity index (χ1v) is 8.33. The summed E-state index contributed by atoms with van der Waals surface area (Å²) in [6.07, 6.45) is 3.72. The summed E-state index contributed by atoms with van der Waals surface area (Å²) in [6.45, 7) is 3.46. The van der Waals surface area contributed by atoms with E-state index < -0.39 is 5.60 Å². The summed E-state index contributed by atoms with van der Waals surface area (Å²) >= 11 is 0. The Morgan fingerprint density at radius 1 is 1.32 bits per heavy atom. The summed E-state index contributed by atoms with van der Waals surface area (Å²) in [7, 11) is 1.68. The van der Waals surface area contributed by atoms with E-state index >= 15 is 0 Å². The topological polar surface area (TPSA) is 41.6 Å². The quantitative estimate of drug-likeness (QED) is 0.923. The molecule has 1 aromatic carbocycles. The third-order valence-corrected chi connectivity index (χ3v) is 5.13. The molecule has 1 atom stereocenters. The molecule has 1 aromatic rings. The Bertz CT molecular complexity index is 497. The van der Waals surface area contributed by atoms with Crippen LogP contribution >= 0.6 is 0 Å². The zero-order valence-electron chi connectivity index (χ0n) is 13.4. The van der Waals surface area contributed by atoms with Gasteiger partial charge in [0, 0.05) is 20.2 Å². The highest BCUT2D eigenvalue weighted by Crippen LogP contribution is 2.29. The molecule has 120 valence electrons. The molecule has 2 fully saturated rings. The summed E-state index contributed by atoms with van der Waals surface area (Å²) in [5.74, 6) is 0.772. The Morgan fingerprint density at radius 3 is 2.73 bits per heavy atom. The van der Waals surface area contributed by atoms with Gasteiger partial charge in [-0.05, 0) is 50.3 Å². The summed E-state index contributed by atoms with van der Waals surface area (Å²) in [5, 5.41) is 3.31. The Kier molecular flexibility index (Phi) is 4.79. The van der Waals surface area contributed by atoms with Crippen molar-refractivity contribution in [2.45, 2.75) is 31.3 Å². The largest absolute Gasteiger partial charge is 0.368 e. The number of benzene rings is 1. The first-order valence-electron chi connectivity index (χ1n) is 8.33. The fraction of sp³-hybridized carbons (Fsp3) is 0.611. The lowest BCUT2D eigenvalue weighted by molar-refractivity contribution is -0.157. The number of methoxy groups -OCH3 is 1. The normalized spacial score (nSPS) is 24.4. The highest BCUT2D eigenvalue weighted by Gasteiger charge is 2.43. The molecule has 2 aliphatic heterocycles. The summed E-state index contributed by atoms with van der Waals surface area (Å²) < 4.78 is 5.68. The van der Waals surface area contributed by atoms with Gasteiger partial charge >= 0.3 is 0 Å². The molecule has 4 nitrogen and oxygen atoms in total. The van der Waals surface area contributed by atoms with E-state index in [2.05, 4.69) is 29.6 Å².